The second kappa shape index (κ2) is 8.45. The summed E-state index contributed by atoms with van der Waals surface area (Å²) >= 11 is 0. The van der Waals surface area contributed by atoms with Crippen LogP contribution in [0.3, 0.4) is 0 Å². The van der Waals surface area contributed by atoms with E-state index >= 15 is 0 Å². The number of aromatic nitrogens is 2. The first-order chi connectivity index (χ1) is 10.4. The van der Waals surface area contributed by atoms with Crippen LogP contribution in [0.2, 0.25) is 0 Å². The molecule has 0 atom stereocenters. The van der Waals surface area contributed by atoms with Crippen molar-refractivity contribution in [3.05, 3.63) is 56.4 Å². The van der Waals surface area contributed by atoms with Gasteiger partial charge >= 0.3 is 41.2 Å². The summed E-state index contributed by atoms with van der Waals surface area (Å²) in [7, 11) is 1.42. The summed E-state index contributed by atoms with van der Waals surface area (Å²) in [5.41, 5.74) is -4.48. The minimum absolute atomic E-state index is 0. The van der Waals surface area contributed by atoms with E-state index in [4.69, 9.17) is 9.84 Å². The molecule has 0 unspecified atom stereocenters. The van der Waals surface area contributed by atoms with Crippen molar-refractivity contribution < 1.29 is 59.6 Å². The number of rotatable bonds is 4. The van der Waals surface area contributed by atoms with Gasteiger partial charge in [0.25, 0.3) is 5.56 Å². The van der Waals surface area contributed by atoms with Gasteiger partial charge in [0, 0.05) is 0 Å². The SMILES string of the molecule is COc1ccc(-n2c(=O)[nH]c(C(=O)[O-])c(C(=O)O)c2=O)cc1.O.[Na+]. The molecule has 1 heterocycles. The number of nitrogens with zero attached hydrogens (tertiary/aromatic N) is 1. The van der Waals surface area contributed by atoms with Crippen LogP contribution in [0.4, 0.5) is 0 Å². The number of methoxy groups -OCH3 is 1. The molecule has 1 aromatic carbocycles. The Balaban J connectivity index is 0.00000264. The minimum Gasteiger partial charge on any atom is -0.543 e. The van der Waals surface area contributed by atoms with Crippen LogP contribution in [0.5, 0.6) is 5.75 Å². The molecule has 4 N–H and O–H groups in total. The number of carboxylic acid groups (broad SMARTS) is 2. The van der Waals surface area contributed by atoms with Crippen LogP contribution in [-0.4, -0.2) is 39.2 Å². The summed E-state index contributed by atoms with van der Waals surface area (Å²) in [6.07, 6.45) is 0. The first-order valence-electron chi connectivity index (χ1n) is 5.85. The van der Waals surface area contributed by atoms with Gasteiger partial charge in [0.1, 0.15) is 5.75 Å². The van der Waals surface area contributed by atoms with Gasteiger partial charge in [-0.15, -0.1) is 0 Å². The number of aromatic carboxylic acids is 2. The number of carboxylic acids is 2. The monoisotopic (exact) mass is 346 g/mol. The molecule has 0 saturated carbocycles. The van der Waals surface area contributed by atoms with Crippen LogP contribution in [0.25, 0.3) is 5.69 Å². The molecule has 2 aromatic rings. The Bertz CT molecular complexity index is 869. The number of hydrogen-bond acceptors (Lipinski definition) is 6. The third kappa shape index (κ3) is 3.92. The van der Waals surface area contributed by atoms with Gasteiger partial charge in [0.05, 0.1) is 24.5 Å². The van der Waals surface area contributed by atoms with Crippen molar-refractivity contribution in [3.8, 4) is 11.4 Å². The first kappa shape index (κ1) is 21.6. The number of H-pyrrole nitrogens is 1. The minimum atomic E-state index is -1.96. The number of ether oxygens (including phenoxy) is 1. The van der Waals surface area contributed by atoms with E-state index in [-0.39, 0.29) is 40.7 Å². The third-order valence-corrected chi connectivity index (χ3v) is 2.85. The molecule has 24 heavy (non-hydrogen) atoms. The molecular formula is C13H11N2NaO8. The molecule has 0 spiro atoms. The van der Waals surface area contributed by atoms with Crippen molar-refractivity contribution >= 4 is 11.9 Å². The molecule has 11 heteroatoms. The smallest absolute Gasteiger partial charge is 0.543 e. The Morgan fingerprint density at radius 2 is 1.75 bits per heavy atom. The average molecular weight is 346 g/mol. The second-order valence-electron chi connectivity index (χ2n) is 4.11. The fraction of sp³-hybridized carbons (Fsp3) is 0.0769. The van der Waals surface area contributed by atoms with Crippen LogP contribution in [-0.2, 0) is 0 Å². The number of carbonyl (C=O) groups excluding carboxylic acids is 1. The summed E-state index contributed by atoms with van der Waals surface area (Å²) < 4.78 is 5.43. The van der Waals surface area contributed by atoms with E-state index < -0.39 is 34.4 Å². The normalized spacial score (nSPS) is 9.38. The Morgan fingerprint density at radius 3 is 2.17 bits per heavy atom. The molecule has 0 aliphatic carbocycles. The number of hydrogen-bond donors (Lipinski definition) is 2. The van der Waals surface area contributed by atoms with Crippen molar-refractivity contribution in [1.29, 1.82) is 0 Å². The predicted octanol–water partition coefficient (Wildman–Crippen LogP) is -5.22. The third-order valence-electron chi connectivity index (χ3n) is 2.85. The van der Waals surface area contributed by atoms with Crippen molar-refractivity contribution in [1.82, 2.24) is 9.55 Å². The fourth-order valence-electron chi connectivity index (χ4n) is 1.85. The summed E-state index contributed by atoms with van der Waals surface area (Å²) in [4.78, 5) is 47.8. The van der Waals surface area contributed by atoms with Crippen molar-refractivity contribution in [2.24, 2.45) is 0 Å². The maximum atomic E-state index is 12.2. The molecule has 0 fully saturated rings. The zero-order valence-corrected chi connectivity index (χ0v) is 14.7. The molecule has 10 nitrogen and oxygen atoms in total. The topological polar surface area (TPSA) is 173 Å². The van der Waals surface area contributed by atoms with Gasteiger partial charge in [-0.1, -0.05) is 0 Å². The van der Waals surface area contributed by atoms with E-state index in [0.29, 0.717) is 10.3 Å². The predicted molar refractivity (Wildman–Crippen MR) is 74.1 cm³/mol. The van der Waals surface area contributed by atoms with Gasteiger partial charge in [0.2, 0.25) is 0 Å². The maximum absolute atomic E-state index is 12.2. The fourth-order valence-corrected chi connectivity index (χ4v) is 1.85. The summed E-state index contributed by atoms with van der Waals surface area (Å²) in [5, 5.41) is 19.8. The van der Waals surface area contributed by atoms with E-state index in [1.54, 1.807) is 0 Å². The van der Waals surface area contributed by atoms with E-state index in [2.05, 4.69) is 0 Å². The molecule has 2 rings (SSSR count). The molecule has 0 bridgehead atoms. The van der Waals surface area contributed by atoms with Gasteiger partial charge in [-0.05, 0) is 24.3 Å². The molecule has 1 aromatic heterocycles. The summed E-state index contributed by atoms with van der Waals surface area (Å²) in [5.74, 6) is -3.30. The van der Waals surface area contributed by atoms with Crippen LogP contribution in [0, 0.1) is 0 Å². The quantitative estimate of drug-likeness (QED) is 0.520. The van der Waals surface area contributed by atoms with E-state index in [0.717, 1.165) is 0 Å². The van der Waals surface area contributed by atoms with E-state index in [1.165, 1.54) is 31.4 Å². The van der Waals surface area contributed by atoms with Gasteiger partial charge < -0.3 is 30.2 Å². The molecular weight excluding hydrogens is 335 g/mol. The first-order valence-corrected chi connectivity index (χ1v) is 5.85. The molecule has 122 valence electrons. The number of nitrogens with one attached hydrogen (secondary N) is 1. The number of carbonyl (C=O) groups is 2. The van der Waals surface area contributed by atoms with E-state index in [9.17, 15) is 24.3 Å². The van der Waals surface area contributed by atoms with Crippen LogP contribution in [0.15, 0.2) is 33.9 Å². The number of benzene rings is 1. The Labute approximate surface area is 155 Å². The van der Waals surface area contributed by atoms with Crippen LogP contribution >= 0.6 is 0 Å². The van der Waals surface area contributed by atoms with Gasteiger partial charge in [-0.25, -0.2) is 14.2 Å². The van der Waals surface area contributed by atoms with Crippen LogP contribution in [0.1, 0.15) is 20.8 Å². The Morgan fingerprint density at radius 1 is 1.21 bits per heavy atom. The summed E-state index contributed by atoms with van der Waals surface area (Å²) in [6, 6.07) is 5.60. The summed E-state index contributed by atoms with van der Waals surface area (Å²) in [6.45, 7) is 0. The van der Waals surface area contributed by atoms with Crippen LogP contribution < -0.4 is 50.6 Å². The van der Waals surface area contributed by atoms with Crippen molar-refractivity contribution in [2.45, 2.75) is 0 Å². The molecule has 0 saturated heterocycles. The number of aromatic amines is 1. The Hall–Kier alpha value is -2.40. The zero-order valence-electron chi connectivity index (χ0n) is 12.7. The molecule has 0 radical (unpaired) electrons. The van der Waals surface area contributed by atoms with Gasteiger partial charge in [0.15, 0.2) is 5.56 Å². The average Bonchev–Trinajstić information content (AvgIpc) is 2.46. The maximum Gasteiger partial charge on any atom is 1.00 e. The molecule has 0 aliphatic rings. The second-order valence-corrected chi connectivity index (χ2v) is 4.11. The van der Waals surface area contributed by atoms with E-state index in [1.807, 2.05) is 4.98 Å². The largest absolute Gasteiger partial charge is 1.00 e. The van der Waals surface area contributed by atoms with Crippen molar-refractivity contribution in [3.63, 3.8) is 0 Å². The van der Waals surface area contributed by atoms with Gasteiger partial charge in [-0.2, -0.15) is 0 Å². The molecule has 0 amide bonds. The standard InChI is InChI=1S/C13H10N2O7.Na.H2O/c1-22-7-4-2-6(3-5-7)15-10(16)8(11(17)18)9(12(19)20)14-13(15)21;;/h2-5H,1H3,(H,14,21)(H,17,18)(H,19,20);;1H2/q;+1;/p-1. The Kier molecular flexibility index (Phi) is 7.61. The van der Waals surface area contributed by atoms with Gasteiger partial charge in [-0.3, -0.25) is 4.79 Å². The van der Waals surface area contributed by atoms with Crippen molar-refractivity contribution in [2.75, 3.05) is 7.11 Å². The zero-order chi connectivity index (χ0) is 16.4. The molecule has 0 aliphatic heterocycles.